The van der Waals surface area contributed by atoms with E-state index in [9.17, 15) is 18.0 Å². The maximum Gasteiger partial charge on any atom is 0.261 e. The fourth-order valence-electron chi connectivity index (χ4n) is 3.06. The summed E-state index contributed by atoms with van der Waals surface area (Å²) in [5.41, 5.74) is 1.84. The van der Waals surface area contributed by atoms with Gasteiger partial charge in [0.15, 0.2) is 15.5 Å². The molecule has 0 aliphatic carbocycles. The molecule has 9 nitrogen and oxygen atoms in total. The SMILES string of the molecule is Cc1ccc(S(C)(=O)=O)cc1C(=O)Nc1ccccc1-n1ncc2c(=O)[nH]cnc21. The van der Waals surface area contributed by atoms with Crippen molar-refractivity contribution >= 4 is 32.5 Å². The van der Waals surface area contributed by atoms with Crippen LogP contribution in [-0.4, -0.2) is 40.3 Å². The minimum Gasteiger partial charge on any atom is -0.320 e. The molecule has 0 saturated heterocycles. The van der Waals surface area contributed by atoms with Crippen molar-refractivity contribution in [3.8, 4) is 5.69 Å². The van der Waals surface area contributed by atoms with Gasteiger partial charge in [-0.3, -0.25) is 9.59 Å². The number of aromatic nitrogens is 4. The molecule has 30 heavy (non-hydrogen) atoms. The predicted molar refractivity (Wildman–Crippen MR) is 112 cm³/mol. The van der Waals surface area contributed by atoms with Gasteiger partial charge in [-0.15, -0.1) is 0 Å². The van der Waals surface area contributed by atoms with Gasteiger partial charge in [-0.25, -0.2) is 18.1 Å². The van der Waals surface area contributed by atoms with E-state index in [4.69, 9.17) is 0 Å². The average Bonchev–Trinajstić information content (AvgIpc) is 3.13. The van der Waals surface area contributed by atoms with Gasteiger partial charge in [-0.05, 0) is 36.8 Å². The summed E-state index contributed by atoms with van der Waals surface area (Å²) in [5.74, 6) is -0.465. The highest BCUT2D eigenvalue weighted by Gasteiger charge is 2.17. The number of carbonyl (C=O) groups excluding carboxylic acids is 1. The number of hydrogen-bond acceptors (Lipinski definition) is 6. The molecule has 2 aromatic carbocycles. The van der Waals surface area contributed by atoms with Gasteiger partial charge in [-0.2, -0.15) is 5.10 Å². The Morgan fingerprint density at radius 1 is 1.17 bits per heavy atom. The van der Waals surface area contributed by atoms with Crippen LogP contribution in [0.3, 0.4) is 0 Å². The van der Waals surface area contributed by atoms with Gasteiger partial charge in [0.2, 0.25) is 0 Å². The van der Waals surface area contributed by atoms with Crippen molar-refractivity contribution < 1.29 is 13.2 Å². The zero-order chi connectivity index (χ0) is 21.5. The van der Waals surface area contributed by atoms with Crippen molar-refractivity contribution in [3.63, 3.8) is 0 Å². The topological polar surface area (TPSA) is 127 Å². The number of amides is 1. The average molecular weight is 423 g/mol. The number of benzene rings is 2. The van der Waals surface area contributed by atoms with Crippen LogP contribution in [0.2, 0.25) is 0 Å². The quantitative estimate of drug-likeness (QED) is 0.517. The lowest BCUT2D eigenvalue weighted by Crippen LogP contribution is -2.16. The lowest BCUT2D eigenvalue weighted by Gasteiger charge is -2.13. The molecule has 0 aliphatic rings. The molecule has 2 aromatic heterocycles. The van der Waals surface area contributed by atoms with Gasteiger partial charge >= 0.3 is 0 Å². The molecule has 2 N–H and O–H groups in total. The molecule has 0 fully saturated rings. The number of aryl methyl sites for hydroxylation is 1. The smallest absolute Gasteiger partial charge is 0.261 e. The van der Waals surface area contributed by atoms with Crippen molar-refractivity contribution in [2.75, 3.05) is 11.6 Å². The van der Waals surface area contributed by atoms with Crippen molar-refractivity contribution in [2.45, 2.75) is 11.8 Å². The van der Waals surface area contributed by atoms with Gasteiger partial charge in [0, 0.05) is 11.8 Å². The molecular weight excluding hydrogens is 406 g/mol. The molecule has 0 bridgehead atoms. The minimum absolute atomic E-state index is 0.0630. The molecule has 0 atom stereocenters. The van der Waals surface area contributed by atoms with E-state index in [-0.39, 0.29) is 16.0 Å². The summed E-state index contributed by atoms with van der Waals surface area (Å²) in [5, 5.41) is 7.36. The molecular formula is C20H17N5O4S. The third kappa shape index (κ3) is 3.48. The molecule has 0 radical (unpaired) electrons. The Bertz CT molecular complexity index is 1450. The maximum atomic E-state index is 12.9. The number of nitrogens with zero attached hydrogens (tertiary/aromatic N) is 3. The minimum atomic E-state index is -3.46. The van der Waals surface area contributed by atoms with Crippen LogP contribution in [0.1, 0.15) is 15.9 Å². The van der Waals surface area contributed by atoms with Crippen molar-refractivity contribution in [1.82, 2.24) is 19.7 Å². The summed E-state index contributed by atoms with van der Waals surface area (Å²) in [6.45, 7) is 1.73. The van der Waals surface area contributed by atoms with Crippen LogP contribution in [0.15, 0.2) is 64.7 Å². The number of rotatable bonds is 4. The highest BCUT2D eigenvalue weighted by Crippen LogP contribution is 2.24. The monoisotopic (exact) mass is 423 g/mol. The Hall–Kier alpha value is -3.79. The zero-order valence-electron chi connectivity index (χ0n) is 16.1. The summed E-state index contributed by atoms with van der Waals surface area (Å²) in [4.78, 5) is 31.6. The van der Waals surface area contributed by atoms with Crippen LogP contribution >= 0.6 is 0 Å². The zero-order valence-corrected chi connectivity index (χ0v) is 16.9. The van der Waals surface area contributed by atoms with Crippen LogP contribution in [0.25, 0.3) is 16.7 Å². The largest absolute Gasteiger partial charge is 0.320 e. The molecule has 1 amide bonds. The van der Waals surface area contributed by atoms with Gasteiger partial charge < -0.3 is 10.3 Å². The fourth-order valence-corrected chi connectivity index (χ4v) is 3.71. The first kappa shape index (κ1) is 19.5. The molecule has 152 valence electrons. The second kappa shape index (κ2) is 7.23. The number of anilines is 1. The second-order valence-electron chi connectivity index (χ2n) is 6.75. The molecule has 0 spiro atoms. The van der Waals surface area contributed by atoms with E-state index >= 15 is 0 Å². The Morgan fingerprint density at radius 3 is 2.70 bits per heavy atom. The number of para-hydroxylation sites is 2. The second-order valence-corrected chi connectivity index (χ2v) is 8.76. The number of sulfone groups is 1. The molecule has 2 heterocycles. The van der Waals surface area contributed by atoms with Gasteiger partial charge in [0.1, 0.15) is 5.39 Å². The molecule has 10 heteroatoms. The number of aromatic amines is 1. The first-order valence-corrected chi connectivity index (χ1v) is 10.8. The number of H-pyrrole nitrogens is 1. The summed E-state index contributed by atoms with van der Waals surface area (Å²) < 4.78 is 25.2. The van der Waals surface area contributed by atoms with Crippen molar-refractivity contribution in [1.29, 1.82) is 0 Å². The normalized spacial score (nSPS) is 11.5. The van der Waals surface area contributed by atoms with Crippen molar-refractivity contribution in [2.24, 2.45) is 0 Å². The lowest BCUT2D eigenvalue weighted by atomic mass is 10.1. The number of hydrogen-bond donors (Lipinski definition) is 2. The molecule has 4 rings (SSSR count). The number of fused-ring (bicyclic) bond motifs is 1. The predicted octanol–water partition coefficient (Wildman–Crippen LogP) is 2.07. The van der Waals surface area contributed by atoms with Crippen molar-refractivity contribution in [3.05, 3.63) is 76.5 Å². The summed E-state index contributed by atoms with van der Waals surface area (Å²) in [6, 6.07) is 11.3. The third-order valence-electron chi connectivity index (χ3n) is 4.63. The van der Waals surface area contributed by atoms with Crippen LogP contribution in [-0.2, 0) is 9.84 Å². The van der Waals surface area contributed by atoms with E-state index in [1.54, 1.807) is 37.3 Å². The number of carbonyl (C=O) groups is 1. The Labute approximate surface area is 171 Å². The van der Waals surface area contributed by atoms with Gasteiger partial charge in [0.05, 0.1) is 28.8 Å². The highest BCUT2D eigenvalue weighted by molar-refractivity contribution is 7.90. The molecule has 0 unspecified atom stereocenters. The van der Waals surface area contributed by atoms with E-state index in [1.807, 2.05) is 0 Å². The number of nitrogens with one attached hydrogen (secondary N) is 2. The lowest BCUT2D eigenvalue weighted by molar-refractivity contribution is 0.102. The highest BCUT2D eigenvalue weighted by atomic mass is 32.2. The Kier molecular flexibility index (Phi) is 4.70. The molecule has 4 aromatic rings. The molecule has 0 aliphatic heterocycles. The first-order valence-electron chi connectivity index (χ1n) is 8.88. The fraction of sp³-hybridized carbons (Fsp3) is 0.100. The van der Waals surface area contributed by atoms with E-state index in [0.717, 1.165) is 6.26 Å². The van der Waals surface area contributed by atoms with Crippen LogP contribution in [0.5, 0.6) is 0 Å². The molecule has 0 saturated carbocycles. The van der Waals surface area contributed by atoms with E-state index in [0.29, 0.717) is 28.0 Å². The summed E-state index contributed by atoms with van der Waals surface area (Å²) in [6.07, 6.45) is 3.77. The summed E-state index contributed by atoms with van der Waals surface area (Å²) >= 11 is 0. The first-order chi connectivity index (χ1) is 14.3. The van der Waals surface area contributed by atoms with E-state index in [2.05, 4.69) is 20.4 Å². The van der Waals surface area contributed by atoms with Crippen LogP contribution in [0.4, 0.5) is 5.69 Å². The van der Waals surface area contributed by atoms with E-state index < -0.39 is 15.7 Å². The Morgan fingerprint density at radius 2 is 1.93 bits per heavy atom. The van der Waals surface area contributed by atoms with Gasteiger partial charge in [0.25, 0.3) is 11.5 Å². The standard InChI is InChI=1S/C20H17N5O4S/c1-12-7-8-13(30(2,28)29)9-14(12)20(27)24-16-5-3-4-6-17(16)25-18-15(10-23-25)19(26)22-11-21-18/h3-11H,1-2H3,(H,24,27)(H,21,22,26). The van der Waals surface area contributed by atoms with Crippen LogP contribution < -0.4 is 10.9 Å². The maximum absolute atomic E-state index is 12.9. The Balaban J connectivity index is 1.77. The third-order valence-corrected chi connectivity index (χ3v) is 5.74. The van der Waals surface area contributed by atoms with Gasteiger partial charge in [-0.1, -0.05) is 18.2 Å². The van der Waals surface area contributed by atoms with E-state index in [1.165, 1.54) is 29.3 Å². The summed E-state index contributed by atoms with van der Waals surface area (Å²) in [7, 11) is -3.46. The van der Waals surface area contributed by atoms with Crippen LogP contribution in [0, 0.1) is 6.92 Å².